The van der Waals surface area contributed by atoms with Gasteiger partial charge in [-0.15, -0.1) is 0 Å². The fourth-order valence-corrected chi connectivity index (χ4v) is 7.31. The summed E-state index contributed by atoms with van der Waals surface area (Å²) in [6.07, 6.45) is 1.39. The van der Waals surface area contributed by atoms with E-state index in [-0.39, 0.29) is 63.2 Å². The van der Waals surface area contributed by atoms with Crippen LogP contribution in [-0.2, 0) is 31.0 Å². The molecule has 0 saturated carbocycles. The number of nitrogens with two attached hydrogens (primary N) is 3. The summed E-state index contributed by atoms with van der Waals surface area (Å²) in [7, 11) is 1.41. The maximum Gasteiger partial charge on any atom is 0.255 e. The number of likely N-dealkylation sites (N-methyl/N-ethyl adjacent to an activating group) is 1. The Morgan fingerprint density at radius 3 is 2.29 bits per heavy atom. The number of nitrogens with zero attached hydrogens (tertiary/aromatic N) is 4. The molecule has 4 bridgehead atoms. The summed E-state index contributed by atoms with van der Waals surface area (Å²) >= 11 is 0. The van der Waals surface area contributed by atoms with Crippen molar-refractivity contribution in [2.75, 3.05) is 46.4 Å². The smallest absolute Gasteiger partial charge is 0.255 e. The maximum absolute atomic E-state index is 14.6. The molecule has 344 valence electrons. The lowest BCUT2D eigenvalue weighted by Crippen LogP contribution is -2.56. The average Bonchev–Trinajstić information content (AvgIpc) is 3.28. The van der Waals surface area contributed by atoms with E-state index in [1.54, 1.807) is 43.3 Å². The van der Waals surface area contributed by atoms with Crippen LogP contribution in [0.1, 0.15) is 72.9 Å². The van der Waals surface area contributed by atoms with Gasteiger partial charge in [-0.3, -0.25) is 24.0 Å². The molecule has 5 rings (SSSR count). The first kappa shape index (κ1) is 49.1. The number of ether oxygens (including phenoxy) is 2. The van der Waals surface area contributed by atoms with Crippen LogP contribution in [0.3, 0.4) is 0 Å². The van der Waals surface area contributed by atoms with Gasteiger partial charge in [0, 0.05) is 43.9 Å². The molecule has 1 aliphatic rings. The third-order valence-corrected chi connectivity index (χ3v) is 10.8. The lowest BCUT2D eigenvalue weighted by atomic mass is 9.87. The number of benzene rings is 3. The molecule has 18 heteroatoms. The first-order valence-electron chi connectivity index (χ1n) is 21.4. The molecule has 0 unspecified atom stereocenters. The quantitative estimate of drug-likeness (QED) is 0.0842. The molecule has 1 aromatic heterocycles. The van der Waals surface area contributed by atoms with E-state index in [1.165, 1.54) is 25.1 Å². The van der Waals surface area contributed by atoms with Gasteiger partial charge in [0.15, 0.2) is 5.82 Å². The zero-order chi connectivity index (χ0) is 47.4. The molecule has 10 N–H and O–H groups in total. The summed E-state index contributed by atoms with van der Waals surface area (Å²) in [6.45, 7) is 9.89. The summed E-state index contributed by atoms with van der Waals surface area (Å²) in [4.78, 5) is 80.4. The van der Waals surface area contributed by atoms with Crippen LogP contribution in [0.2, 0.25) is 0 Å². The van der Waals surface area contributed by atoms with Crippen molar-refractivity contribution in [3.05, 3.63) is 94.8 Å². The molecular weight excluding hydrogens is 831 g/mol. The van der Waals surface area contributed by atoms with Crippen molar-refractivity contribution < 1.29 is 33.4 Å². The summed E-state index contributed by atoms with van der Waals surface area (Å²) in [5, 5.41) is 19.9. The highest BCUT2D eigenvalue weighted by atomic mass is 16.5. The highest BCUT2D eigenvalue weighted by Crippen LogP contribution is 2.37. The standard InChI is InChI=1S/C47H59N11O7/c1-27-36(26-53-41(54-27)30-7-10-33(11-8-30)47(3,4)5)43(60)56-37(13-14-48)46(63)58(6)40-31-9-12-39(65-20-17-51)35(25-31)32-21-29(22-34(24-32)64-19-16-50)23-38(44(61)52-18-15-49)57-42(59)28(2)55-45(40)62/h7-12,21-22,24-26,28,37-38,40H,13-14,16-20,23,48,50-51H2,1-6H3,(H,52,61)(H,55,62)(H,56,60)(H,57,59)/t28-,37-,38-,40-/m0/s1. The number of carbonyl (C=O) groups excluding carboxylic acids is 5. The van der Waals surface area contributed by atoms with Crippen molar-refractivity contribution in [1.82, 2.24) is 36.1 Å². The zero-order valence-corrected chi connectivity index (χ0v) is 37.7. The second-order valence-corrected chi connectivity index (χ2v) is 16.7. The minimum Gasteiger partial charge on any atom is -0.492 e. The van der Waals surface area contributed by atoms with E-state index in [0.717, 1.165) is 11.1 Å². The van der Waals surface area contributed by atoms with Crippen LogP contribution in [0.15, 0.2) is 66.9 Å². The summed E-state index contributed by atoms with van der Waals surface area (Å²) < 4.78 is 12.0. The van der Waals surface area contributed by atoms with Gasteiger partial charge in [0.05, 0.1) is 17.3 Å². The molecule has 5 amide bonds. The van der Waals surface area contributed by atoms with Crippen LogP contribution >= 0.6 is 0 Å². The van der Waals surface area contributed by atoms with Gasteiger partial charge in [-0.1, -0.05) is 57.2 Å². The van der Waals surface area contributed by atoms with E-state index in [0.29, 0.717) is 45.3 Å². The first-order chi connectivity index (χ1) is 31.0. The van der Waals surface area contributed by atoms with Crippen molar-refractivity contribution in [3.63, 3.8) is 0 Å². The van der Waals surface area contributed by atoms with Gasteiger partial charge in [-0.2, -0.15) is 5.26 Å². The molecule has 0 aliphatic carbocycles. The topological polar surface area (TPSA) is 283 Å². The minimum atomic E-state index is -1.39. The van der Waals surface area contributed by atoms with Crippen LogP contribution in [0.5, 0.6) is 11.5 Å². The number of aromatic nitrogens is 2. The predicted octanol–water partition coefficient (Wildman–Crippen LogP) is 1.92. The highest BCUT2D eigenvalue weighted by molar-refractivity contribution is 6.00. The number of rotatable bonds is 15. The molecule has 0 fully saturated rings. The van der Waals surface area contributed by atoms with Crippen LogP contribution in [0, 0.1) is 18.3 Å². The molecule has 4 atom stereocenters. The molecule has 18 nitrogen and oxygen atoms in total. The molecular formula is C47H59N11O7. The Hall–Kier alpha value is -6.94. The van der Waals surface area contributed by atoms with Gasteiger partial charge in [0.1, 0.15) is 55.4 Å². The number of hydrogen-bond acceptors (Lipinski definition) is 13. The van der Waals surface area contributed by atoms with Crippen LogP contribution in [0.25, 0.3) is 22.5 Å². The Labute approximate surface area is 379 Å². The van der Waals surface area contributed by atoms with Crippen LogP contribution in [-0.4, -0.2) is 109 Å². The van der Waals surface area contributed by atoms with E-state index >= 15 is 0 Å². The van der Waals surface area contributed by atoms with Gasteiger partial charge in [-0.05, 0) is 78.7 Å². The number of hydrogen-bond donors (Lipinski definition) is 7. The second kappa shape index (κ2) is 22.1. The van der Waals surface area contributed by atoms with E-state index in [9.17, 15) is 29.2 Å². The molecule has 0 spiro atoms. The van der Waals surface area contributed by atoms with Crippen molar-refractivity contribution in [3.8, 4) is 40.1 Å². The Kier molecular flexibility index (Phi) is 16.7. The fraction of sp³-hybridized carbons (Fsp3) is 0.404. The van der Waals surface area contributed by atoms with E-state index in [4.69, 9.17) is 26.7 Å². The molecule has 4 aromatic rings. The SMILES string of the molecule is Cc1nc(-c2ccc(C(C)(C)C)cc2)ncc1C(=O)N[C@@H](CCN)C(=O)N(C)[C@@H]1C(=O)N[C@@H](C)C(=O)N[C@H](C(=O)NCC#N)Cc2cc(OCCN)cc(c2)-c2cc1ccc2OCCN. The summed E-state index contributed by atoms with van der Waals surface area (Å²) in [5.74, 6) is -2.15. The number of amides is 5. The molecule has 2 heterocycles. The maximum atomic E-state index is 14.6. The van der Waals surface area contributed by atoms with Crippen molar-refractivity contribution in [2.24, 2.45) is 17.2 Å². The lowest BCUT2D eigenvalue weighted by Gasteiger charge is -2.32. The van der Waals surface area contributed by atoms with Crippen molar-refractivity contribution in [2.45, 2.75) is 77.0 Å². The van der Waals surface area contributed by atoms with E-state index < -0.39 is 53.7 Å². The predicted molar refractivity (Wildman–Crippen MR) is 244 cm³/mol. The van der Waals surface area contributed by atoms with Gasteiger partial charge in [-0.25, -0.2) is 9.97 Å². The normalized spacial score (nSPS) is 16.7. The van der Waals surface area contributed by atoms with E-state index in [2.05, 4.69) is 52.0 Å². The third-order valence-electron chi connectivity index (χ3n) is 10.8. The second-order valence-electron chi connectivity index (χ2n) is 16.7. The molecule has 3 aromatic carbocycles. The van der Waals surface area contributed by atoms with Gasteiger partial charge in [0.2, 0.25) is 23.6 Å². The summed E-state index contributed by atoms with van der Waals surface area (Å²) in [6, 6.07) is 15.0. The fourth-order valence-electron chi connectivity index (χ4n) is 7.31. The van der Waals surface area contributed by atoms with Crippen LogP contribution < -0.4 is 47.9 Å². The molecule has 65 heavy (non-hydrogen) atoms. The zero-order valence-electron chi connectivity index (χ0n) is 37.7. The molecule has 1 aliphatic heterocycles. The Balaban J connectivity index is 1.55. The molecule has 0 saturated heterocycles. The Bertz CT molecular complexity index is 2410. The largest absolute Gasteiger partial charge is 0.492 e. The number of fused-ring (bicyclic) bond motifs is 5. The Morgan fingerprint density at radius 1 is 0.938 bits per heavy atom. The van der Waals surface area contributed by atoms with Gasteiger partial charge in [0.25, 0.3) is 5.91 Å². The number of nitrogens with one attached hydrogen (secondary N) is 4. The summed E-state index contributed by atoms with van der Waals surface area (Å²) in [5.41, 5.74) is 21.9. The highest BCUT2D eigenvalue weighted by Gasteiger charge is 2.36. The average molecular weight is 890 g/mol. The monoisotopic (exact) mass is 889 g/mol. The van der Waals surface area contributed by atoms with Gasteiger partial charge >= 0.3 is 0 Å². The minimum absolute atomic E-state index is 0.00289. The first-order valence-corrected chi connectivity index (χ1v) is 21.4. The number of nitriles is 1. The van der Waals surface area contributed by atoms with Crippen molar-refractivity contribution in [1.29, 1.82) is 5.26 Å². The van der Waals surface area contributed by atoms with Crippen molar-refractivity contribution >= 4 is 29.5 Å². The van der Waals surface area contributed by atoms with Crippen LogP contribution in [0.4, 0.5) is 0 Å². The third kappa shape index (κ3) is 12.4. The lowest BCUT2D eigenvalue weighted by molar-refractivity contribution is -0.141. The number of carbonyl (C=O) groups is 5. The van der Waals surface area contributed by atoms with Gasteiger partial charge < -0.3 is 52.8 Å². The Morgan fingerprint density at radius 2 is 1.65 bits per heavy atom. The van der Waals surface area contributed by atoms with E-state index in [1.807, 2.05) is 30.3 Å². The number of aryl methyl sites for hydroxylation is 1. The molecule has 0 radical (unpaired) electrons.